The van der Waals surface area contributed by atoms with Gasteiger partial charge in [0.25, 0.3) is 0 Å². The van der Waals surface area contributed by atoms with Crippen LogP contribution in [-0.4, -0.2) is 35.8 Å². The molecular weight excluding hydrogens is 272 g/mol. The van der Waals surface area contributed by atoms with Gasteiger partial charge >= 0.3 is 12.1 Å². The maximum atomic E-state index is 11.6. The van der Waals surface area contributed by atoms with Crippen LogP contribution in [0.2, 0.25) is 0 Å². The molecule has 0 spiro atoms. The number of nitrogens with one attached hydrogen (secondary N) is 3. The van der Waals surface area contributed by atoms with E-state index in [1.54, 1.807) is 39.1 Å². The third-order valence-electron chi connectivity index (χ3n) is 2.25. The minimum atomic E-state index is -0.534. The Morgan fingerprint density at radius 1 is 1.19 bits per heavy atom. The number of ether oxygens (including phenoxy) is 1. The van der Waals surface area contributed by atoms with Gasteiger partial charge in [0, 0.05) is 18.8 Å². The minimum absolute atomic E-state index is 0.286. The summed E-state index contributed by atoms with van der Waals surface area (Å²) in [7, 11) is 0. The zero-order valence-electron chi connectivity index (χ0n) is 12.8. The topological polar surface area (TPSA) is 92.4 Å². The zero-order chi connectivity index (χ0) is 15.9. The Labute approximate surface area is 124 Å². The lowest BCUT2D eigenvalue weighted by molar-refractivity contribution is 0.0528. The second kappa shape index (κ2) is 7.47. The van der Waals surface area contributed by atoms with Crippen molar-refractivity contribution in [3.63, 3.8) is 0 Å². The molecule has 7 heteroatoms. The van der Waals surface area contributed by atoms with Gasteiger partial charge in [0.1, 0.15) is 5.60 Å². The van der Waals surface area contributed by atoms with Crippen LogP contribution in [0.1, 0.15) is 26.5 Å². The lowest BCUT2D eigenvalue weighted by Crippen LogP contribution is -2.39. The average molecular weight is 294 g/mol. The SMILES string of the molecule is Cc1ccc(NC(=O)NCCNC(=O)OC(C)(C)C)cn1. The van der Waals surface area contributed by atoms with Crippen LogP contribution in [0.15, 0.2) is 18.3 Å². The largest absolute Gasteiger partial charge is 0.444 e. The standard InChI is InChI=1S/C14H22N4O3/c1-10-5-6-11(9-17-10)18-12(19)15-7-8-16-13(20)21-14(2,3)4/h5-6,9H,7-8H2,1-4H3,(H,16,20)(H2,15,18,19). The van der Waals surface area contributed by atoms with E-state index in [-0.39, 0.29) is 12.6 Å². The number of aromatic nitrogens is 1. The van der Waals surface area contributed by atoms with Crippen LogP contribution >= 0.6 is 0 Å². The van der Waals surface area contributed by atoms with Crippen LogP contribution in [0.3, 0.4) is 0 Å². The molecule has 116 valence electrons. The molecule has 0 bridgehead atoms. The fourth-order valence-electron chi connectivity index (χ4n) is 1.37. The van der Waals surface area contributed by atoms with Crippen molar-refractivity contribution in [2.24, 2.45) is 0 Å². The first-order valence-corrected chi connectivity index (χ1v) is 6.70. The second-order valence-electron chi connectivity index (χ2n) is 5.50. The fraction of sp³-hybridized carbons (Fsp3) is 0.500. The van der Waals surface area contributed by atoms with Crippen molar-refractivity contribution >= 4 is 17.8 Å². The first kappa shape index (κ1) is 16.7. The van der Waals surface area contributed by atoms with Crippen LogP contribution in [0.4, 0.5) is 15.3 Å². The van der Waals surface area contributed by atoms with Crippen molar-refractivity contribution in [1.82, 2.24) is 15.6 Å². The summed E-state index contributed by atoms with van der Waals surface area (Å²) in [5.74, 6) is 0. The molecule has 0 aliphatic heterocycles. The van der Waals surface area contributed by atoms with Crippen molar-refractivity contribution in [3.8, 4) is 0 Å². The van der Waals surface area contributed by atoms with Crippen molar-refractivity contribution in [3.05, 3.63) is 24.0 Å². The van der Waals surface area contributed by atoms with E-state index in [1.807, 2.05) is 6.92 Å². The van der Waals surface area contributed by atoms with E-state index >= 15 is 0 Å². The summed E-state index contributed by atoms with van der Waals surface area (Å²) in [6.45, 7) is 7.81. The zero-order valence-corrected chi connectivity index (χ0v) is 12.8. The van der Waals surface area contributed by atoms with Crippen LogP contribution in [-0.2, 0) is 4.74 Å². The Morgan fingerprint density at radius 2 is 1.86 bits per heavy atom. The molecule has 3 N–H and O–H groups in total. The molecule has 21 heavy (non-hydrogen) atoms. The van der Waals surface area contributed by atoms with Crippen molar-refractivity contribution in [2.75, 3.05) is 18.4 Å². The third kappa shape index (κ3) is 7.76. The Morgan fingerprint density at radius 3 is 2.43 bits per heavy atom. The number of anilines is 1. The molecule has 1 rings (SSSR count). The molecule has 1 heterocycles. The van der Waals surface area contributed by atoms with Gasteiger partial charge in [-0.2, -0.15) is 0 Å². The highest BCUT2D eigenvalue weighted by molar-refractivity contribution is 5.88. The minimum Gasteiger partial charge on any atom is -0.444 e. The molecule has 0 aromatic carbocycles. The summed E-state index contributed by atoms with van der Waals surface area (Å²) in [4.78, 5) is 27.0. The Balaban J connectivity index is 2.19. The molecule has 0 saturated heterocycles. The molecule has 1 aromatic heterocycles. The molecule has 0 aliphatic carbocycles. The molecule has 0 unspecified atom stereocenters. The van der Waals surface area contributed by atoms with Gasteiger partial charge in [0.05, 0.1) is 11.9 Å². The number of aryl methyl sites for hydroxylation is 1. The molecule has 1 aromatic rings. The molecular formula is C14H22N4O3. The predicted octanol–water partition coefficient (Wildman–Crippen LogP) is 2.04. The Bertz CT molecular complexity index is 480. The van der Waals surface area contributed by atoms with Gasteiger partial charge in [0.15, 0.2) is 0 Å². The van der Waals surface area contributed by atoms with Crippen LogP contribution in [0, 0.1) is 6.92 Å². The van der Waals surface area contributed by atoms with Crippen LogP contribution in [0.5, 0.6) is 0 Å². The predicted molar refractivity (Wildman–Crippen MR) is 80.2 cm³/mol. The molecule has 0 radical (unpaired) electrons. The molecule has 0 aliphatic rings. The first-order chi connectivity index (χ1) is 9.76. The quantitative estimate of drug-likeness (QED) is 0.741. The van der Waals surface area contributed by atoms with Gasteiger partial charge in [-0.1, -0.05) is 0 Å². The third-order valence-corrected chi connectivity index (χ3v) is 2.25. The molecule has 0 atom stereocenters. The highest BCUT2D eigenvalue weighted by Gasteiger charge is 2.15. The highest BCUT2D eigenvalue weighted by atomic mass is 16.6. The maximum Gasteiger partial charge on any atom is 0.407 e. The summed E-state index contributed by atoms with van der Waals surface area (Å²) in [6.07, 6.45) is 1.07. The smallest absolute Gasteiger partial charge is 0.407 e. The van der Waals surface area contributed by atoms with Gasteiger partial charge in [-0.05, 0) is 39.8 Å². The Hall–Kier alpha value is -2.31. The summed E-state index contributed by atoms with van der Waals surface area (Å²) < 4.78 is 5.06. The Kier molecular flexibility index (Phi) is 5.95. The number of hydrogen-bond acceptors (Lipinski definition) is 4. The molecule has 0 saturated carbocycles. The number of pyridine rings is 1. The van der Waals surface area contributed by atoms with Crippen molar-refractivity contribution in [1.29, 1.82) is 0 Å². The number of carbonyl (C=O) groups is 2. The number of amides is 3. The maximum absolute atomic E-state index is 11.6. The number of carbonyl (C=O) groups excluding carboxylic acids is 2. The van der Waals surface area contributed by atoms with E-state index in [9.17, 15) is 9.59 Å². The lowest BCUT2D eigenvalue weighted by Gasteiger charge is -2.19. The first-order valence-electron chi connectivity index (χ1n) is 6.70. The molecule has 0 fully saturated rings. The van der Waals surface area contributed by atoms with Gasteiger partial charge in [-0.3, -0.25) is 4.98 Å². The summed E-state index contributed by atoms with van der Waals surface area (Å²) in [6, 6.07) is 3.22. The van der Waals surface area contributed by atoms with Gasteiger partial charge < -0.3 is 20.7 Å². The summed E-state index contributed by atoms with van der Waals surface area (Å²) in [5.41, 5.74) is 0.952. The normalized spacial score (nSPS) is 10.7. The van der Waals surface area contributed by atoms with Gasteiger partial charge in [-0.25, -0.2) is 9.59 Å². The lowest BCUT2D eigenvalue weighted by atomic mass is 10.2. The number of rotatable bonds is 4. The van der Waals surface area contributed by atoms with E-state index in [0.29, 0.717) is 12.2 Å². The number of hydrogen-bond donors (Lipinski definition) is 3. The van der Waals surface area contributed by atoms with Crippen LogP contribution in [0.25, 0.3) is 0 Å². The number of nitrogens with zero attached hydrogens (tertiary/aromatic N) is 1. The van der Waals surface area contributed by atoms with Gasteiger partial charge in [0.2, 0.25) is 0 Å². The van der Waals surface area contributed by atoms with Crippen molar-refractivity contribution in [2.45, 2.75) is 33.3 Å². The van der Waals surface area contributed by atoms with E-state index in [2.05, 4.69) is 20.9 Å². The fourth-order valence-corrected chi connectivity index (χ4v) is 1.37. The number of urea groups is 1. The second-order valence-corrected chi connectivity index (χ2v) is 5.50. The molecule has 3 amide bonds. The summed E-state index contributed by atoms with van der Waals surface area (Å²) in [5, 5.41) is 7.80. The van der Waals surface area contributed by atoms with Gasteiger partial charge in [-0.15, -0.1) is 0 Å². The molecule has 7 nitrogen and oxygen atoms in total. The number of alkyl carbamates (subject to hydrolysis) is 1. The average Bonchev–Trinajstić information content (AvgIpc) is 2.35. The van der Waals surface area contributed by atoms with Crippen LogP contribution < -0.4 is 16.0 Å². The van der Waals surface area contributed by atoms with Crippen molar-refractivity contribution < 1.29 is 14.3 Å². The van der Waals surface area contributed by atoms with E-state index in [1.165, 1.54) is 0 Å². The summed E-state index contributed by atoms with van der Waals surface area (Å²) >= 11 is 0. The highest BCUT2D eigenvalue weighted by Crippen LogP contribution is 2.06. The monoisotopic (exact) mass is 294 g/mol. The van der Waals surface area contributed by atoms with E-state index < -0.39 is 11.7 Å². The van der Waals surface area contributed by atoms with E-state index in [0.717, 1.165) is 5.69 Å². The van der Waals surface area contributed by atoms with E-state index in [4.69, 9.17) is 4.74 Å².